The van der Waals surface area contributed by atoms with E-state index in [9.17, 15) is 5.73 Å². The van der Waals surface area contributed by atoms with Gasteiger partial charge >= 0.3 is 21.1 Å². The number of aliphatic imine (C=N–C) groups is 1. The minimum absolute atomic E-state index is 0. The van der Waals surface area contributed by atoms with E-state index >= 15 is 0 Å². The van der Waals surface area contributed by atoms with Crippen molar-refractivity contribution >= 4 is 28.0 Å². The Balaban J connectivity index is 0.00000406. The molecule has 4 nitrogen and oxygen atoms in total. The quantitative estimate of drug-likeness (QED) is 0.179. The first-order valence-corrected chi connectivity index (χ1v) is 17.0. The zero-order valence-corrected chi connectivity index (χ0v) is 30.5. The molecule has 5 aromatic rings. The molecule has 0 radical (unpaired) electrons. The Morgan fingerprint density at radius 2 is 1.22 bits per heavy atom. The van der Waals surface area contributed by atoms with E-state index in [1.54, 1.807) is 0 Å². The monoisotopic (exact) mass is 839 g/mol. The van der Waals surface area contributed by atoms with Crippen molar-refractivity contribution < 1.29 is 21.1 Å². The predicted octanol–water partition coefficient (Wildman–Crippen LogP) is 8.87. The van der Waals surface area contributed by atoms with E-state index < -0.39 is 0 Å². The minimum Gasteiger partial charge on any atom is -0.699 e. The molecule has 2 aromatic heterocycles. The van der Waals surface area contributed by atoms with Gasteiger partial charge in [0, 0.05) is 23.9 Å². The first-order chi connectivity index (χ1) is 24.7. The van der Waals surface area contributed by atoms with Crippen LogP contribution in [0.15, 0.2) is 192 Å². The standard InChI is InChI=1S/C46H36N4.Pt/c1-50-42-30-31-43(50)46(35-22-13-6-14-23-35)41-29-28-40(49-41)45(34-20-11-5-12-21-34)39-27-26-38(48-39)44(33-18-7-2-3-8-19-33)37(47)25-15-24-36(42)32-16-9-4-10-17-32;/h2-23,25-31,33,47H,24H2,1H3;/q-2;+2/b25-15-,42-36+,44-37-,45-40-,46-43-;. The summed E-state index contributed by atoms with van der Waals surface area (Å²) < 4.78 is 2.29. The van der Waals surface area contributed by atoms with Crippen molar-refractivity contribution in [3.8, 4) is 0 Å². The SMILES string of the molecule is Cn1/c2cc/c1=C(\c1ccccc1)C/C=C\C([NH-])=C(/C1C=CC=CC=C1)c1ccc([n-]1)/C(c1ccccc1)=C1/C=CC(=N1)/C=2c1ccccc1.[Pt+2]. The van der Waals surface area contributed by atoms with Crippen LogP contribution in [-0.2, 0) is 28.1 Å². The first kappa shape index (κ1) is 33.8. The van der Waals surface area contributed by atoms with Gasteiger partial charge in [-0.05, 0) is 58.5 Å². The summed E-state index contributed by atoms with van der Waals surface area (Å²) in [6.07, 6.45) is 21.4. The first-order valence-electron chi connectivity index (χ1n) is 17.0. The number of nitrogens with zero attached hydrogens (tertiary/aromatic N) is 3. The van der Waals surface area contributed by atoms with E-state index in [4.69, 9.17) is 9.98 Å². The molecule has 0 unspecified atom stereocenters. The van der Waals surface area contributed by atoms with Gasteiger partial charge in [-0.2, -0.15) is 0 Å². The zero-order valence-electron chi connectivity index (χ0n) is 28.2. The molecule has 6 bridgehead atoms. The number of hydrogen-bond acceptors (Lipinski definition) is 1. The van der Waals surface area contributed by atoms with E-state index in [1.807, 2.05) is 36.4 Å². The van der Waals surface area contributed by atoms with Gasteiger partial charge in [0.2, 0.25) is 0 Å². The van der Waals surface area contributed by atoms with Crippen molar-refractivity contribution in [1.82, 2.24) is 9.55 Å². The molecule has 1 aliphatic carbocycles. The summed E-state index contributed by atoms with van der Waals surface area (Å²) in [6, 6.07) is 40.0. The smallest absolute Gasteiger partial charge is 0.699 e. The molecule has 5 heteroatoms. The molecular formula is C46H36N4Pt. The molecule has 2 aliphatic heterocycles. The van der Waals surface area contributed by atoms with Crippen LogP contribution in [0.1, 0.15) is 34.5 Å². The van der Waals surface area contributed by atoms with Crippen LogP contribution in [0.2, 0.25) is 0 Å². The molecule has 0 fully saturated rings. The predicted molar refractivity (Wildman–Crippen MR) is 207 cm³/mol. The summed E-state index contributed by atoms with van der Waals surface area (Å²) in [6.45, 7) is 0. The van der Waals surface area contributed by atoms with Crippen LogP contribution in [0.5, 0.6) is 0 Å². The van der Waals surface area contributed by atoms with Gasteiger partial charge < -0.3 is 15.3 Å². The zero-order chi connectivity index (χ0) is 33.9. The number of benzene rings is 3. The van der Waals surface area contributed by atoms with Gasteiger partial charge in [-0.15, -0.1) is 17.1 Å². The van der Waals surface area contributed by atoms with Crippen LogP contribution >= 0.6 is 0 Å². The summed E-state index contributed by atoms with van der Waals surface area (Å²) in [4.78, 5) is 10.6. The van der Waals surface area contributed by atoms with Gasteiger partial charge in [0.15, 0.2) is 0 Å². The third-order valence-electron chi connectivity index (χ3n) is 9.46. The van der Waals surface area contributed by atoms with E-state index in [2.05, 4.69) is 151 Å². The second-order valence-electron chi connectivity index (χ2n) is 12.5. The summed E-state index contributed by atoms with van der Waals surface area (Å²) >= 11 is 0. The Morgan fingerprint density at radius 3 is 1.88 bits per heavy atom. The van der Waals surface area contributed by atoms with Gasteiger partial charge in [-0.1, -0.05) is 157 Å². The Hall–Kier alpha value is -5.70. The number of rotatable bonds is 4. The molecule has 0 saturated heterocycles. The van der Waals surface area contributed by atoms with Crippen LogP contribution in [0.25, 0.3) is 28.0 Å². The number of hydrogen-bond donors (Lipinski definition) is 0. The van der Waals surface area contributed by atoms with Crippen LogP contribution in [0, 0.1) is 5.92 Å². The Morgan fingerprint density at radius 1 is 0.627 bits per heavy atom. The van der Waals surface area contributed by atoms with Crippen LogP contribution in [-0.4, -0.2) is 10.3 Å². The van der Waals surface area contributed by atoms with E-state index in [1.165, 1.54) is 5.57 Å². The van der Waals surface area contributed by atoms with E-state index in [-0.39, 0.29) is 27.0 Å². The molecule has 0 atom stereocenters. The van der Waals surface area contributed by atoms with Gasteiger partial charge in [-0.3, -0.25) is 0 Å². The molecule has 3 aromatic carbocycles. The number of allylic oxidation sites excluding steroid dienone is 11. The number of aromatic nitrogens is 2. The van der Waals surface area contributed by atoms with E-state index in [0.29, 0.717) is 12.1 Å². The van der Waals surface area contributed by atoms with Gasteiger partial charge in [-0.25, -0.2) is 4.99 Å². The number of nitrogens with one attached hydrogen (secondary N) is 1. The van der Waals surface area contributed by atoms with Crippen molar-refractivity contribution in [1.29, 1.82) is 0 Å². The van der Waals surface area contributed by atoms with Crippen molar-refractivity contribution in [3.05, 3.63) is 232 Å². The molecule has 4 heterocycles. The Bertz CT molecular complexity index is 2430. The molecule has 8 rings (SSSR count). The second-order valence-corrected chi connectivity index (χ2v) is 12.5. The third-order valence-corrected chi connectivity index (χ3v) is 9.46. The van der Waals surface area contributed by atoms with Crippen molar-refractivity contribution in [2.24, 2.45) is 18.0 Å². The summed E-state index contributed by atoms with van der Waals surface area (Å²) in [7, 11) is 2.14. The Kier molecular flexibility index (Phi) is 9.96. The average Bonchev–Trinajstić information content (AvgIpc) is 3.86. The van der Waals surface area contributed by atoms with Gasteiger partial charge in [0.1, 0.15) is 0 Å². The maximum Gasteiger partial charge on any atom is 2.00 e. The maximum atomic E-state index is 9.45. The third kappa shape index (κ3) is 6.76. The molecule has 1 N–H and O–H groups in total. The molecule has 51 heavy (non-hydrogen) atoms. The van der Waals surface area contributed by atoms with Crippen molar-refractivity contribution in [2.45, 2.75) is 6.42 Å². The van der Waals surface area contributed by atoms with Crippen molar-refractivity contribution in [3.63, 3.8) is 0 Å². The van der Waals surface area contributed by atoms with Crippen LogP contribution in [0.4, 0.5) is 0 Å². The molecule has 250 valence electrons. The average molecular weight is 840 g/mol. The molecular weight excluding hydrogens is 804 g/mol. The molecule has 0 amide bonds. The minimum atomic E-state index is -0.105. The molecule has 0 spiro atoms. The summed E-state index contributed by atoms with van der Waals surface area (Å²) in [5.74, 6) is -0.105. The van der Waals surface area contributed by atoms with Gasteiger partial charge in [0.25, 0.3) is 0 Å². The molecule has 3 aliphatic rings. The maximum absolute atomic E-state index is 9.45. The fourth-order valence-corrected chi connectivity index (χ4v) is 7.06. The fraction of sp³-hybridized carbons (Fsp3) is 0.0652. The summed E-state index contributed by atoms with van der Waals surface area (Å²) in [5.41, 5.74) is 20.6. The van der Waals surface area contributed by atoms with Crippen molar-refractivity contribution in [2.75, 3.05) is 0 Å². The topological polar surface area (TPSA) is 55.2 Å². The molecule has 0 saturated carbocycles. The number of fused-ring (bicyclic) bond motifs is 5. The van der Waals surface area contributed by atoms with Crippen LogP contribution in [0.3, 0.4) is 0 Å². The normalized spacial score (nSPS) is 21.5. The van der Waals surface area contributed by atoms with Crippen LogP contribution < -0.4 is 15.7 Å². The largest absolute Gasteiger partial charge is 2.00 e. The fourth-order valence-electron chi connectivity index (χ4n) is 7.06. The summed E-state index contributed by atoms with van der Waals surface area (Å²) in [5, 5.41) is 2.20. The second kappa shape index (κ2) is 15.0. The van der Waals surface area contributed by atoms with Gasteiger partial charge in [0.05, 0.1) is 16.8 Å². The Labute approximate surface area is 313 Å². The van der Waals surface area contributed by atoms with E-state index in [0.717, 1.165) is 66.9 Å².